The van der Waals surface area contributed by atoms with Crippen LogP contribution < -0.4 is 4.72 Å². The van der Waals surface area contributed by atoms with E-state index in [1.54, 1.807) is 6.92 Å². The van der Waals surface area contributed by atoms with Gasteiger partial charge in [0.1, 0.15) is 16.5 Å². The Morgan fingerprint density at radius 2 is 2.08 bits per heavy atom. The molecule has 1 aromatic heterocycles. The molecular formula is C15H17F2N3O3S. The molecule has 1 aliphatic carbocycles. The molecule has 3 rings (SSSR count). The third-order valence-corrected chi connectivity index (χ3v) is 5.63. The molecule has 0 aliphatic heterocycles. The molecule has 1 aromatic carbocycles. The first-order chi connectivity index (χ1) is 11.3. The monoisotopic (exact) mass is 357 g/mol. The molecule has 0 spiro atoms. The number of sulfonamides is 1. The highest BCUT2D eigenvalue weighted by atomic mass is 32.2. The molecule has 0 saturated heterocycles. The Morgan fingerprint density at radius 3 is 2.75 bits per heavy atom. The highest BCUT2D eigenvalue weighted by Crippen LogP contribution is 2.29. The van der Waals surface area contributed by atoms with Crippen LogP contribution in [-0.2, 0) is 16.4 Å². The van der Waals surface area contributed by atoms with Crippen LogP contribution in [0, 0.1) is 24.5 Å². The second-order valence-electron chi connectivity index (χ2n) is 5.99. The Labute approximate surface area is 138 Å². The van der Waals surface area contributed by atoms with E-state index < -0.39 is 26.6 Å². The second kappa shape index (κ2) is 6.56. The minimum Gasteiger partial charge on any atom is -0.426 e. The van der Waals surface area contributed by atoms with Crippen LogP contribution in [0.4, 0.5) is 8.78 Å². The molecule has 6 nitrogen and oxygen atoms in total. The molecule has 1 heterocycles. The van der Waals surface area contributed by atoms with E-state index in [0.29, 0.717) is 37.1 Å². The average molecular weight is 357 g/mol. The van der Waals surface area contributed by atoms with Crippen molar-refractivity contribution in [2.75, 3.05) is 0 Å². The van der Waals surface area contributed by atoms with Gasteiger partial charge in [-0.15, -0.1) is 10.2 Å². The number of nitrogens with zero attached hydrogens (tertiary/aromatic N) is 2. The topological polar surface area (TPSA) is 85.1 Å². The van der Waals surface area contributed by atoms with Gasteiger partial charge in [0, 0.05) is 25.5 Å². The number of halogens is 2. The molecule has 1 saturated carbocycles. The third kappa shape index (κ3) is 3.78. The molecule has 2 aromatic rings. The second-order valence-corrected chi connectivity index (χ2v) is 7.67. The van der Waals surface area contributed by atoms with Gasteiger partial charge in [-0.3, -0.25) is 0 Å². The number of nitrogens with one attached hydrogen (secondary N) is 1. The smallest absolute Gasteiger partial charge is 0.243 e. The Kier molecular flexibility index (Phi) is 4.64. The lowest BCUT2D eigenvalue weighted by atomic mass is 10.0. The molecule has 9 heteroatoms. The van der Waals surface area contributed by atoms with E-state index in [9.17, 15) is 17.2 Å². The van der Waals surface area contributed by atoms with Crippen molar-refractivity contribution < 1.29 is 21.6 Å². The maximum absolute atomic E-state index is 13.7. The summed E-state index contributed by atoms with van der Waals surface area (Å²) in [6.07, 6.45) is 2.63. The highest BCUT2D eigenvalue weighted by molar-refractivity contribution is 7.89. The van der Waals surface area contributed by atoms with Crippen molar-refractivity contribution in [3.8, 4) is 0 Å². The fourth-order valence-corrected chi connectivity index (χ4v) is 4.35. The first-order valence-corrected chi connectivity index (χ1v) is 9.08. The van der Waals surface area contributed by atoms with Crippen molar-refractivity contribution in [1.29, 1.82) is 0 Å². The molecule has 0 radical (unpaired) electrons. The van der Waals surface area contributed by atoms with Crippen LogP contribution in [0.15, 0.2) is 27.5 Å². The molecule has 0 bridgehead atoms. The number of aryl methyl sites for hydroxylation is 1. The molecule has 2 atom stereocenters. The molecular weight excluding hydrogens is 340 g/mol. The summed E-state index contributed by atoms with van der Waals surface area (Å²) in [5.41, 5.74) is 0. The lowest BCUT2D eigenvalue weighted by molar-refractivity contribution is 0.413. The predicted octanol–water partition coefficient (Wildman–Crippen LogP) is 2.35. The fraction of sp³-hybridized carbons (Fsp3) is 0.467. The third-order valence-electron chi connectivity index (χ3n) is 4.08. The van der Waals surface area contributed by atoms with Crippen molar-refractivity contribution in [1.82, 2.24) is 14.9 Å². The molecule has 1 aliphatic rings. The van der Waals surface area contributed by atoms with Gasteiger partial charge < -0.3 is 4.42 Å². The Hall–Kier alpha value is -1.87. The van der Waals surface area contributed by atoms with Gasteiger partial charge in [0.15, 0.2) is 0 Å². The van der Waals surface area contributed by atoms with E-state index in [1.807, 2.05) is 0 Å². The van der Waals surface area contributed by atoms with Crippen LogP contribution in [0.3, 0.4) is 0 Å². The minimum absolute atomic E-state index is 0.218. The predicted molar refractivity (Wildman–Crippen MR) is 80.5 cm³/mol. The van der Waals surface area contributed by atoms with Crippen molar-refractivity contribution in [3.05, 3.63) is 41.6 Å². The summed E-state index contributed by atoms with van der Waals surface area (Å²) in [4.78, 5) is -0.542. The van der Waals surface area contributed by atoms with Gasteiger partial charge in [-0.2, -0.15) is 0 Å². The van der Waals surface area contributed by atoms with Gasteiger partial charge >= 0.3 is 0 Å². The maximum Gasteiger partial charge on any atom is 0.243 e. The van der Waals surface area contributed by atoms with Gasteiger partial charge in [-0.25, -0.2) is 21.9 Å². The lowest BCUT2D eigenvalue weighted by Crippen LogP contribution is -2.33. The van der Waals surface area contributed by atoms with E-state index in [2.05, 4.69) is 14.9 Å². The van der Waals surface area contributed by atoms with Crippen LogP contribution >= 0.6 is 0 Å². The van der Waals surface area contributed by atoms with Gasteiger partial charge in [0.05, 0.1) is 0 Å². The van der Waals surface area contributed by atoms with Crippen molar-refractivity contribution in [3.63, 3.8) is 0 Å². The van der Waals surface area contributed by atoms with Crippen molar-refractivity contribution >= 4 is 10.0 Å². The number of benzene rings is 1. The first-order valence-electron chi connectivity index (χ1n) is 7.60. The molecule has 130 valence electrons. The van der Waals surface area contributed by atoms with Crippen LogP contribution in [0.1, 0.15) is 31.0 Å². The van der Waals surface area contributed by atoms with Crippen LogP contribution in [0.25, 0.3) is 0 Å². The van der Waals surface area contributed by atoms with Crippen LogP contribution in [0.2, 0.25) is 0 Å². The number of rotatable bonds is 5. The van der Waals surface area contributed by atoms with Gasteiger partial charge in [0.25, 0.3) is 0 Å². The molecule has 24 heavy (non-hydrogen) atoms. The van der Waals surface area contributed by atoms with Crippen molar-refractivity contribution in [2.24, 2.45) is 5.92 Å². The van der Waals surface area contributed by atoms with Gasteiger partial charge in [-0.05, 0) is 37.3 Å². The summed E-state index contributed by atoms with van der Waals surface area (Å²) >= 11 is 0. The van der Waals surface area contributed by atoms with E-state index in [4.69, 9.17) is 4.42 Å². The van der Waals surface area contributed by atoms with Gasteiger partial charge in [-0.1, -0.05) is 0 Å². The van der Waals surface area contributed by atoms with Gasteiger partial charge in [0.2, 0.25) is 21.8 Å². The van der Waals surface area contributed by atoms with Crippen molar-refractivity contribution in [2.45, 2.75) is 43.5 Å². The van der Waals surface area contributed by atoms with Crippen LogP contribution in [0.5, 0.6) is 0 Å². The zero-order chi connectivity index (χ0) is 17.3. The highest BCUT2D eigenvalue weighted by Gasteiger charge is 2.31. The fourth-order valence-electron chi connectivity index (χ4n) is 3.01. The van der Waals surface area contributed by atoms with E-state index in [0.717, 1.165) is 18.6 Å². The lowest BCUT2D eigenvalue weighted by Gasteiger charge is -2.14. The molecule has 1 N–H and O–H groups in total. The minimum atomic E-state index is -4.03. The number of aromatic nitrogens is 2. The Balaban J connectivity index is 1.64. The maximum atomic E-state index is 13.7. The first kappa shape index (κ1) is 17.0. The average Bonchev–Trinajstić information content (AvgIpc) is 3.07. The summed E-state index contributed by atoms with van der Waals surface area (Å²) in [6, 6.07) is 2.12. The Bertz CT molecular complexity index is 838. The summed E-state index contributed by atoms with van der Waals surface area (Å²) in [5.74, 6) is -0.672. The van der Waals surface area contributed by atoms with Crippen LogP contribution in [-0.4, -0.2) is 24.7 Å². The number of hydrogen-bond acceptors (Lipinski definition) is 5. The normalized spacial score (nSPS) is 21.3. The largest absolute Gasteiger partial charge is 0.426 e. The summed E-state index contributed by atoms with van der Waals surface area (Å²) in [6.45, 7) is 1.71. The quantitative estimate of drug-likeness (QED) is 0.888. The zero-order valence-electron chi connectivity index (χ0n) is 13.0. The summed E-state index contributed by atoms with van der Waals surface area (Å²) < 4.78 is 59.0. The summed E-state index contributed by atoms with van der Waals surface area (Å²) in [5, 5.41) is 7.70. The van der Waals surface area contributed by atoms with E-state index in [-0.39, 0.29) is 12.0 Å². The van der Waals surface area contributed by atoms with E-state index >= 15 is 0 Å². The molecule has 0 amide bonds. The van der Waals surface area contributed by atoms with E-state index in [1.165, 1.54) is 0 Å². The zero-order valence-corrected chi connectivity index (χ0v) is 13.8. The SMILES string of the molecule is Cc1nnc(C[C@@H]2CC[C@H](NS(=O)(=O)c3ccc(F)cc3F)C2)o1. The Morgan fingerprint density at radius 1 is 1.29 bits per heavy atom. The number of hydrogen-bond donors (Lipinski definition) is 1. The summed E-state index contributed by atoms with van der Waals surface area (Å²) in [7, 11) is -4.03. The molecule has 1 fully saturated rings. The standard InChI is InChI=1S/C15H17F2N3O3S/c1-9-18-19-15(23-9)7-10-2-4-12(6-10)20-24(21,22)14-5-3-11(16)8-13(14)17/h3,5,8,10,12,20H,2,4,6-7H2,1H3/t10-,12+/m1/s1. The molecule has 0 unspecified atom stereocenters.